The van der Waals surface area contributed by atoms with Crippen LogP contribution in [0.1, 0.15) is 87.7 Å². The monoisotopic (exact) mass is 686 g/mol. The predicted molar refractivity (Wildman–Crippen MR) is 193 cm³/mol. The Morgan fingerprint density at radius 1 is 0.843 bits per heavy atom. The minimum absolute atomic E-state index is 0.183. The highest BCUT2D eigenvalue weighted by Gasteiger charge is 2.40. The molecule has 2 N–H and O–H groups in total. The van der Waals surface area contributed by atoms with Gasteiger partial charge in [-0.05, 0) is 109 Å². The van der Waals surface area contributed by atoms with Crippen molar-refractivity contribution >= 4 is 23.4 Å². The molecule has 0 saturated carbocycles. The molecule has 4 aromatic carbocycles. The Hall–Kier alpha value is -5.02. The fourth-order valence-corrected chi connectivity index (χ4v) is 8.89. The van der Waals surface area contributed by atoms with Crippen molar-refractivity contribution in [3.8, 4) is 5.75 Å². The normalized spacial score (nSPS) is 22.3. The number of fused-ring (bicyclic) bond motifs is 2. The second kappa shape index (κ2) is 13.6. The molecule has 9 heteroatoms. The summed E-state index contributed by atoms with van der Waals surface area (Å²) in [6.07, 6.45) is 4.33. The third-order valence-electron chi connectivity index (χ3n) is 11.6. The Balaban J connectivity index is 0.917. The number of halogens is 1. The Labute approximate surface area is 297 Å². The molecule has 51 heavy (non-hydrogen) atoms. The summed E-state index contributed by atoms with van der Waals surface area (Å²) in [4.78, 5) is 43.2. The molecule has 2 saturated heterocycles. The number of hydrogen-bond donors (Lipinski definition) is 2. The predicted octanol–water partition coefficient (Wildman–Crippen LogP) is 6.26. The highest BCUT2D eigenvalue weighted by Crippen LogP contribution is 2.47. The number of hydrogen-bond acceptors (Lipinski definition) is 6. The molecule has 262 valence electrons. The number of benzene rings is 4. The van der Waals surface area contributed by atoms with Crippen LogP contribution in [-0.2, 0) is 29.1 Å². The van der Waals surface area contributed by atoms with Crippen LogP contribution < -0.4 is 10.2 Å². The van der Waals surface area contributed by atoms with E-state index in [1.807, 2.05) is 19.2 Å². The molecule has 4 aromatic rings. The first-order valence-electron chi connectivity index (χ1n) is 18.1. The summed E-state index contributed by atoms with van der Waals surface area (Å²) in [6, 6.07) is 28.3. The van der Waals surface area contributed by atoms with Crippen LogP contribution in [0.25, 0.3) is 0 Å². The van der Waals surface area contributed by atoms with Gasteiger partial charge < -0.3 is 14.9 Å². The van der Waals surface area contributed by atoms with Gasteiger partial charge >= 0.3 is 0 Å². The molecule has 8 nitrogen and oxygen atoms in total. The maximum absolute atomic E-state index is 15.4. The molecule has 3 aliphatic heterocycles. The van der Waals surface area contributed by atoms with Crippen molar-refractivity contribution in [3.05, 3.63) is 130 Å². The summed E-state index contributed by atoms with van der Waals surface area (Å²) < 4.78 is 15.4. The molecule has 0 radical (unpaired) electrons. The first-order chi connectivity index (χ1) is 24.7. The summed E-state index contributed by atoms with van der Waals surface area (Å²) in [6.45, 7) is 2.45. The average Bonchev–Trinajstić information content (AvgIpc) is 3.45. The zero-order chi connectivity index (χ0) is 35.2. The van der Waals surface area contributed by atoms with Gasteiger partial charge in [-0.15, -0.1) is 0 Å². The Bertz CT molecular complexity index is 1980. The smallest absolute Gasteiger partial charge is 0.255 e. The van der Waals surface area contributed by atoms with E-state index in [1.54, 1.807) is 6.07 Å². The molecule has 4 aliphatic rings. The molecule has 0 spiro atoms. The van der Waals surface area contributed by atoms with Gasteiger partial charge in [0.1, 0.15) is 17.6 Å². The Morgan fingerprint density at radius 3 is 2.35 bits per heavy atom. The summed E-state index contributed by atoms with van der Waals surface area (Å²) in [5.41, 5.74) is 7.91. The van der Waals surface area contributed by atoms with E-state index in [1.165, 1.54) is 38.9 Å². The van der Waals surface area contributed by atoms with Crippen LogP contribution in [0.2, 0.25) is 0 Å². The first kappa shape index (κ1) is 33.1. The summed E-state index contributed by atoms with van der Waals surface area (Å²) >= 11 is 0. The number of aryl methyl sites for hydroxylation is 1. The number of aromatic hydroxyl groups is 1. The SMILES string of the molecule is CN(Cc1cc2c(cc1F)C(=O)N(C1CCC(=O)NC1=O)C2)C1CCN(c2ccc([C@@H]3c4ccc(O)cc4CC[C@@H]3c3ccccc3)cc2)CC1. The van der Waals surface area contributed by atoms with Crippen LogP contribution >= 0.6 is 0 Å². The van der Waals surface area contributed by atoms with Gasteiger partial charge in [-0.25, -0.2) is 4.39 Å². The van der Waals surface area contributed by atoms with Crippen molar-refractivity contribution < 1.29 is 23.9 Å². The minimum Gasteiger partial charge on any atom is -0.508 e. The lowest BCUT2D eigenvalue weighted by Gasteiger charge is -2.38. The number of carbonyl (C=O) groups is 3. The van der Waals surface area contributed by atoms with Gasteiger partial charge in [-0.1, -0.05) is 48.5 Å². The van der Waals surface area contributed by atoms with Crippen molar-refractivity contribution in [2.24, 2.45) is 0 Å². The maximum Gasteiger partial charge on any atom is 0.255 e. The molecule has 3 atom stereocenters. The Morgan fingerprint density at radius 2 is 1.61 bits per heavy atom. The van der Waals surface area contributed by atoms with Gasteiger partial charge in [0, 0.05) is 61.4 Å². The number of phenols is 1. The number of imide groups is 1. The van der Waals surface area contributed by atoms with Gasteiger partial charge in [0.2, 0.25) is 11.8 Å². The van der Waals surface area contributed by atoms with Crippen molar-refractivity contribution in [2.75, 3.05) is 25.0 Å². The molecule has 8 rings (SSSR count). The molecule has 1 unspecified atom stereocenters. The van der Waals surface area contributed by atoms with E-state index < -0.39 is 17.8 Å². The largest absolute Gasteiger partial charge is 0.508 e. The van der Waals surface area contributed by atoms with Crippen molar-refractivity contribution in [1.29, 1.82) is 0 Å². The van der Waals surface area contributed by atoms with Crippen LogP contribution in [0.3, 0.4) is 0 Å². The van der Waals surface area contributed by atoms with Crippen LogP contribution in [-0.4, -0.2) is 64.8 Å². The third kappa shape index (κ3) is 6.40. The minimum atomic E-state index is -0.719. The standard InChI is InChI=1S/C42H43FN4O4/c1-45(24-30-21-29-25-47(42(51)36(29)23-37(30)43)38-15-16-39(49)44-41(38)50)31-17-19-46(20-18-31)32-10-7-27(8-11-32)40-34(26-5-3-2-4-6-26)13-9-28-22-33(48)12-14-35(28)40/h2-8,10-12,14,21-23,31,34,38,40,48H,9,13,15-20,24-25H2,1H3,(H,44,49,50)/t34-,38?,40+/m1/s1. The molecular formula is C42H43FN4O4. The number of piperidine rings is 2. The molecule has 0 aromatic heterocycles. The number of rotatable bonds is 7. The van der Waals surface area contributed by atoms with Crippen molar-refractivity contribution in [1.82, 2.24) is 15.1 Å². The fraction of sp³-hybridized carbons (Fsp3) is 0.357. The van der Waals surface area contributed by atoms with E-state index in [4.69, 9.17) is 0 Å². The zero-order valence-corrected chi connectivity index (χ0v) is 28.9. The Kier molecular flexibility index (Phi) is 8.84. The molecular weight excluding hydrogens is 643 g/mol. The topological polar surface area (TPSA) is 93.2 Å². The summed E-state index contributed by atoms with van der Waals surface area (Å²) in [5, 5.41) is 12.5. The van der Waals surface area contributed by atoms with Gasteiger partial charge in [-0.2, -0.15) is 0 Å². The first-order valence-corrected chi connectivity index (χ1v) is 18.1. The third-order valence-corrected chi connectivity index (χ3v) is 11.6. The van der Waals surface area contributed by atoms with Gasteiger partial charge in [-0.3, -0.25) is 24.6 Å². The lowest BCUT2D eigenvalue weighted by Crippen LogP contribution is -2.52. The van der Waals surface area contributed by atoms with Gasteiger partial charge in [0.25, 0.3) is 5.91 Å². The fourth-order valence-electron chi connectivity index (χ4n) is 8.89. The number of anilines is 1. The van der Waals surface area contributed by atoms with E-state index in [9.17, 15) is 19.5 Å². The number of nitrogens with zero attached hydrogens (tertiary/aromatic N) is 3. The maximum atomic E-state index is 15.4. The molecule has 1 aliphatic carbocycles. The summed E-state index contributed by atoms with van der Waals surface area (Å²) in [7, 11) is 2.04. The molecule has 3 heterocycles. The molecule has 3 amide bonds. The van der Waals surface area contributed by atoms with Gasteiger partial charge in [0.15, 0.2) is 0 Å². The van der Waals surface area contributed by atoms with E-state index in [0.29, 0.717) is 29.3 Å². The average molecular weight is 687 g/mol. The summed E-state index contributed by atoms with van der Waals surface area (Å²) in [5.74, 6) is -0.681. The van der Waals surface area contributed by atoms with Crippen LogP contribution in [0.4, 0.5) is 10.1 Å². The highest BCUT2D eigenvalue weighted by atomic mass is 19.1. The number of nitrogens with one attached hydrogen (secondary N) is 1. The molecule has 2 fully saturated rings. The number of phenolic OH excluding ortho intramolecular Hbond substituents is 1. The van der Waals surface area contributed by atoms with Crippen LogP contribution in [0, 0.1) is 5.82 Å². The van der Waals surface area contributed by atoms with Crippen molar-refractivity contribution in [2.45, 2.75) is 75.5 Å². The second-order valence-electron chi connectivity index (χ2n) is 14.6. The van der Waals surface area contributed by atoms with Crippen molar-refractivity contribution in [3.63, 3.8) is 0 Å². The van der Waals surface area contributed by atoms with E-state index in [2.05, 4.69) is 75.8 Å². The number of amides is 3. The quantitative estimate of drug-likeness (QED) is 0.223. The number of carbonyl (C=O) groups excluding carboxylic acids is 3. The van der Waals surface area contributed by atoms with E-state index in [-0.39, 0.29) is 43.2 Å². The van der Waals surface area contributed by atoms with Gasteiger partial charge in [0.05, 0.1) is 0 Å². The van der Waals surface area contributed by atoms with Crippen LogP contribution in [0.5, 0.6) is 5.75 Å². The van der Waals surface area contributed by atoms with Crippen LogP contribution in [0.15, 0.2) is 84.9 Å². The lowest BCUT2D eigenvalue weighted by molar-refractivity contribution is -0.136. The lowest BCUT2D eigenvalue weighted by atomic mass is 9.69. The van der Waals surface area contributed by atoms with E-state index in [0.717, 1.165) is 44.3 Å². The second-order valence-corrected chi connectivity index (χ2v) is 14.6. The zero-order valence-electron chi connectivity index (χ0n) is 28.9. The highest BCUT2D eigenvalue weighted by molar-refractivity contribution is 6.05. The van der Waals surface area contributed by atoms with E-state index >= 15 is 4.39 Å². The molecule has 0 bridgehead atoms.